The van der Waals surface area contributed by atoms with Crippen LogP contribution >= 0.6 is 0 Å². The maximum Gasteiger partial charge on any atom is 0.0971 e. The normalized spacial score (nSPS) is 11.4. The van der Waals surface area contributed by atoms with Crippen LogP contribution in [0.2, 0.25) is 0 Å². The van der Waals surface area contributed by atoms with Gasteiger partial charge in [0.1, 0.15) is 0 Å². The van der Waals surface area contributed by atoms with Gasteiger partial charge >= 0.3 is 0 Å². The van der Waals surface area contributed by atoms with Crippen LogP contribution in [-0.4, -0.2) is 0 Å². The minimum absolute atomic E-state index is 0.662. The van der Waals surface area contributed by atoms with Crippen molar-refractivity contribution in [2.24, 2.45) is 10.8 Å². The van der Waals surface area contributed by atoms with Gasteiger partial charge in [0.05, 0.1) is 5.69 Å². The molecule has 0 aliphatic rings. The number of benzene rings is 1. The largest absolute Gasteiger partial charge is 0.398 e. The summed E-state index contributed by atoms with van der Waals surface area (Å²) in [6, 6.07) is 5.74. The molecule has 0 amide bonds. The van der Waals surface area contributed by atoms with Crippen LogP contribution in [0.3, 0.4) is 0 Å². The highest BCUT2D eigenvalue weighted by molar-refractivity contribution is 5.74. The van der Waals surface area contributed by atoms with Gasteiger partial charge in [-0.15, -0.1) is 0 Å². The molecule has 3 heteroatoms. The van der Waals surface area contributed by atoms with Gasteiger partial charge < -0.3 is 5.73 Å². The van der Waals surface area contributed by atoms with Gasteiger partial charge in [0.15, 0.2) is 0 Å². The summed E-state index contributed by atoms with van der Waals surface area (Å²) in [4.78, 5) is 0. The first-order valence-corrected chi connectivity index (χ1v) is 4.63. The quantitative estimate of drug-likeness (QED) is 0.703. The summed E-state index contributed by atoms with van der Waals surface area (Å²) in [6.45, 7) is 3.95. The second-order valence-electron chi connectivity index (χ2n) is 3.15. The molecule has 74 valence electrons. The van der Waals surface area contributed by atoms with E-state index in [0.29, 0.717) is 11.4 Å². The SMILES string of the molecule is CC/C=C(/N)c1cccc(C)c1N=N. The van der Waals surface area contributed by atoms with Gasteiger partial charge in [0.25, 0.3) is 0 Å². The number of rotatable bonds is 3. The zero-order valence-electron chi connectivity index (χ0n) is 8.54. The van der Waals surface area contributed by atoms with E-state index in [1.807, 2.05) is 38.1 Å². The van der Waals surface area contributed by atoms with Gasteiger partial charge in [-0.3, -0.25) is 0 Å². The van der Waals surface area contributed by atoms with Gasteiger partial charge in [-0.2, -0.15) is 5.11 Å². The van der Waals surface area contributed by atoms with E-state index in [4.69, 9.17) is 11.3 Å². The van der Waals surface area contributed by atoms with Gasteiger partial charge in [0, 0.05) is 11.3 Å². The maximum absolute atomic E-state index is 7.09. The lowest BCUT2D eigenvalue weighted by Gasteiger charge is -2.07. The van der Waals surface area contributed by atoms with Gasteiger partial charge in [-0.25, -0.2) is 5.53 Å². The highest BCUT2D eigenvalue weighted by Crippen LogP contribution is 2.27. The molecule has 0 fully saturated rings. The fourth-order valence-electron chi connectivity index (χ4n) is 1.37. The molecule has 0 spiro atoms. The summed E-state index contributed by atoms with van der Waals surface area (Å²) in [6.07, 6.45) is 2.82. The van der Waals surface area contributed by atoms with E-state index < -0.39 is 0 Å². The second-order valence-corrected chi connectivity index (χ2v) is 3.15. The molecule has 0 bridgehead atoms. The molecule has 1 rings (SSSR count). The number of hydrogen-bond donors (Lipinski definition) is 2. The third-order valence-corrected chi connectivity index (χ3v) is 2.08. The van der Waals surface area contributed by atoms with Crippen molar-refractivity contribution >= 4 is 11.4 Å². The topological polar surface area (TPSA) is 62.2 Å². The van der Waals surface area contributed by atoms with E-state index >= 15 is 0 Å². The summed E-state index contributed by atoms with van der Waals surface area (Å²) >= 11 is 0. The fourth-order valence-corrected chi connectivity index (χ4v) is 1.37. The molecule has 1 aromatic carbocycles. The smallest absolute Gasteiger partial charge is 0.0971 e. The Kier molecular flexibility index (Phi) is 3.40. The van der Waals surface area contributed by atoms with Crippen molar-refractivity contribution in [1.29, 1.82) is 5.53 Å². The first kappa shape index (κ1) is 10.4. The number of nitrogens with two attached hydrogens (primary N) is 1. The lowest BCUT2D eigenvalue weighted by Crippen LogP contribution is -1.97. The highest BCUT2D eigenvalue weighted by Gasteiger charge is 2.05. The molecule has 0 aromatic heterocycles. The number of allylic oxidation sites excluding steroid dienone is 1. The lowest BCUT2D eigenvalue weighted by molar-refractivity contribution is 1.12. The van der Waals surface area contributed by atoms with Crippen molar-refractivity contribution in [3.8, 4) is 0 Å². The van der Waals surface area contributed by atoms with E-state index in [1.54, 1.807) is 0 Å². The van der Waals surface area contributed by atoms with Gasteiger partial charge in [-0.05, 0) is 18.9 Å². The Hall–Kier alpha value is -1.64. The van der Waals surface area contributed by atoms with Gasteiger partial charge in [0.2, 0.25) is 0 Å². The van der Waals surface area contributed by atoms with Crippen LogP contribution < -0.4 is 5.73 Å². The Bertz CT molecular complexity index is 367. The standard InChI is InChI=1S/C11H15N3/c1-3-5-10(12)9-7-4-6-8(2)11(9)14-13/h4-7,13H,3,12H2,1-2H3/b10-5+,14-13?. The first-order valence-electron chi connectivity index (χ1n) is 4.63. The third-order valence-electron chi connectivity index (χ3n) is 2.08. The minimum atomic E-state index is 0.662. The molecule has 3 nitrogen and oxygen atoms in total. The molecule has 3 N–H and O–H groups in total. The second kappa shape index (κ2) is 4.56. The Balaban J connectivity index is 3.27. The molecule has 0 radical (unpaired) electrons. The summed E-state index contributed by atoms with van der Waals surface area (Å²) in [5.74, 6) is 0. The van der Waals surface area contributed by atoms with Crippen LogP contribution in [0.4, 0.5) is 5.69 Å². The fraction of sp³-hybridized carbons (Fsp3) is 0.273. The van der Waals surface area contributed by atoms with E-state index in [1.165, 1.54) is 0 Å². The van der Waals surface area contributed by atoms with Crippen molar-refractivity contribution < 1.29 is 0 Å². The molecule has 0 heterocycles. The average Bonchev–Trinajstić information content (AvgIpc) is 2.17. The van der Waals surface area contributed by atoms with Gasteiger partial charge in [-0.1, -0.05) is 31.2 Å². The molecule has 0 atom stereocenters. The predicted octanol–water partition coefficient (Wildman–Crippen LogP) is 3.37. The number of aryl methyl sites for hydroxylation is 1. The molecule has 14 heavy (non-hydrogen) atoms. The van der Waals surface area contributed by atoms with Crippen LogP contribution in [0.1, 0.15) is 24.5 Å². The van der Waals surface area contributed by atoms with E-state index in [9.17, 15) is 0 Å². The van der Waals surface area contributed by atoms with Crippen molar-refractivity contribution in [1.82, 2.24) is 0 Å². The van der Waals surface area contributed by atoms with Crippen LogP contribution in [-0.2, 0) is 0 Å². The molecule has 1 aromatic rings. The van der Waals surface area contributed by atoms with Crippen molar-refractivity contribution in [2.45, 2.75) is 20.3 Å². The molecule has 0 aliphatic carbocycles. The first-order chi connectivity index (χ1) is 6.70. The van der Waals surface area contributed by atoms with Crippen LogP contribution in [0.25, 0.3) is 5.70 Å². The minimum Gasteiger partial charge on any atom is -0.398 e. The zero-order valence-corrected chi connectivity index (χ0v) is 8.54. The Morgan fingerprint density at radius 3 is 2.86 bits per heavy atom. The van der Waals surface area contributed by atoms with E-state index in [2.05, 4.69) is 5.11 Å². The third kappa shape index (κ3) is 1.99. The van der Waals surface area contributed by atoms with Crippen LogP contribution in [0.5, 0.6) is 0 Å². The predicted molar refractivity (Wildman–Crippen MR) is 58.4 cm³/mol. The Morgan fingerprint density at radius 1 is 1.57 bits per heavy atom. The summed E-state index contributed by atoms with van der Waals surface area (Å²) < 4.78 is 0. The average molecular weight is 189 g/mol. The lowest BCUT2D eigenvalue weighted by atomic mass is 10.1. The molecule has 0 saturated heterocycles. The summed E-state index contributed by atoms with van der Waals surface area (Å²) in [5, 5.41) is 3.50. The van der Waals surface area contributed by atoms with Crippen molar-refractivity contribution in [2.75, 3.05) is 0 Å². The monoisotopic (exact) mass is 189 g/mol. The maximum atomic E-state index is 7.09. The highest BCUT2D eigenvalue weighted by atomic mass is 15.0. The van der Waals surface area contributed by atoms with Crippen LogP contribution in [0, 0.1) is 12.5 Å². The van der Waals surface area contributed by atoms with Crippen molar-refractivity contribution in [3.63, 3.8) is 0 Å². The Morgan fingerprint density at radius 2 is 2.29 bits per heavy atom. The number of nitrogens with one attached hydrogen (secondary N) is 1. The van der Waals surface area contributed by atoms with E-state index in [-0.39, 0.29) is 0 Å². The molecular weight excluding hydrogens is 174 g/mol. The number of para-hydroxylation sites is 1. The van der Waals surface area contributed by atoms with Crippen LogP contribution in [0.15, 0.2) is 29.4 Å². The molecular formula is C11H15N3. The summed E-state index contributed by atoms with van der Waals surface area (Å²) in [5.41, 5.74) is 16.1. The Labute approximate surface area is 84.1 Å². The van der Waals surface area contributed by atoms with E-state index in [0.717, 1.165) is 17.5 Å². The molecule has 0 saturated carbocycles. The van der Waals surface area contributed by atoms with Crippen molar-refractivity contribution in [3.05, 3.63) is 35.4 Å². The molecule has 0 aliphatic heterocycles. The number of hydrogen-bond acceptors (Lipinski definition) is 3. The molecule has 0 unspecified atom stereocenters. The number of nitrogens with zero attached hydrogens (tertiary/aromatic N) is 1. The zero-order chi connectivity index (χ0) is 10.6. The summed E-state index contributed by atoms with van der Waals surface area (Å²) in [7, 11) is 0.